The zero-order valence-electron chi connectivity index (χ0n) is 11.6. The Hall–Kier alpha value is -3.09. The Morgan fingerprint density at radius 3 is 2.14 bits per heavy atom. The van der Waals surface area contributed by atoms with Gasteiger partial charge in [0.05, 0.1) is 0 Å². The molecule has 0 amide bonds. The third kappa shape index (κ3) is 2.98. The lowest BCUT2D eigenvalue weighted by molar-refractivity contribution is -0.107. The van der Waals surface area contributed by atoms with Crippen molar-refractivity contribution in [3.05, 3.63) is 48.5 Å². The van der Waals surface area contributed by atoms with Gasteiger partial charge in [-0.2, -0.15) is 0 Å². The van der Waals surface area contributed by atoms with E-state index in [1.54, 1.807) is 36.9 Å². The molecule has 22 heavy (non-hydrogen) atoms. The van der Waals surface area contributed by atoms with E-state index in [9.17, 15) is 4.79 Å². The second kappa shape index (κ2) is 6.57. The van der Waals surface area contributed by atoms with Crippen LogP contribution in [0.5, 0.6) is 0 Å². The smallest absolute Gasteiger partial charge is 0.180 e. The van der Waals surface area contributed by atoms with E-state index in [4.69, 9.17) is 0 Å². The highest BCUT2D eigenvalue weighted by Crippen LogP contribution is 2.21. The number of aryl methyl sites for hydroxylation is 1. The van der Waals surface area contributed by atoms with Gasteiger partial charge in [0.1, 0.15) is 17.7 Å². The van der Waals surface area contributed by atoms with E-state index in [1.807, 2.05) is 6.07 Å². The maximum Gasteiger partial charge on any atom is 0.180 e. The number of nitrogens with zero attached hydrogens (tertiary/aromatic N) is 6. The van der Waals surface area contributed by atoms with E-state index in [1.165, 1.54) is 0 Å². The van der Waals surface area contributed by atoms with Crippen LogP contribution in [0.3, 0.4) is 0 Å². The van der Waals surface area contributed by atoms with Crippen LogP contribution >= 0.6 is 0 Å². The van der Waals surface area contributed by atoms with Crippen molar-refractivity contribution in [3.8, 4) is 23.0 Å². The Morgan fingerprint density at radius 2 is 1.50 bits per heavy atom. The van der Waals surface area contributed by atoms with E-state index >= 15 is 0 Å². The number of aldehydes is 1. The summed E-state index contributed by atoms with van der Waals surface area (Å²) in [4.78, 5) is 27.4. The van der Waals surface area contributed by atoms with Gasteiger partial charge in [-0.05, 0) is 30.2 Å². The summed E-state index contributed by atoms with van der Waals surface area (Å²) in [6.45, 7) is 0. The zero-order chi connectivity index (χ0) is 15.2. The molecule has 7 nitrogen and oxygen atoms in total. The van der Waals surface area contributed by atoms with Crippen molar-refractivity contribution in [1.29, 1.82) is 0 Å². The van der Waals surface area contributed by atoms with E-state index in [2.05, 4.69) is 30.1 Å². The van der Waals surface area contributed by atoms with Crippen LogP contribution in [0.1, 0.15) is 12.0 Å². The number of carbonyl (C=O) groups is 1. The van der Waals surface area contributed by atoms with Crippen molar-refractivity contribution in [2.45, 2.75) is 12.8 Å². The first-order valence-corrected chi connectivity index (χ1v) is 6.73. The molecule has 0 atom stereocenters. The third-order valence-electron chi connectivity index (χ3n) is 2.98. The minimum absolute atomic E-state index is 0.389. The van der Waals surface area contributed by atoms with Gasteiger partial charge in [-0.3, -0.25) is 0 Å². The SMILES string of the molecule is O=CCCc1cc(-c2ncccn2)nnc1-c1ncccn1. The van der Waals surface area contributed by atoms with Crippen LogP contribution < -0.4 is 0 Å². The fourth-order valence-corrected chi connectivity index (χ4v) is 1.99. The molecule has 7 heteroatoms. The maximum absolute atomic E-state index is 10.7. The molecule has 108 valence electrons. The van der Waals surface area contributed by atoms with Crippen LogP contribution in [0, 0.1) is 0 Å². The molecule has 0 unspecified atom stereocenters. The summed E-state index contributed by atoms with van der Waals surface area (Å²) < 4.78 is 0. The average molecular weight is 292 g/mol. The largest absolute Gasteiger partial charge is 0.303 e. The molecule has 0 aliphatic carbocycles. The van der Waals surface area contributed by atoms with Gasteiger partial charge in [-0.15, -0.1) is 10.2 Å². The number of hydrogen-bond donors (Lipinski definition) is 0. The van der Waals surface area contributed by atoms with Crippen molar-refractivity contribution >= 4 is 6.29 Å². The molecule has 3 rings (SSSR count). The molecule has 0 aliphatic heterocycles. The Balaban J connectivity index is 2.05. The van der Waals surface area contributed by atoms with Crippen LogP contribution in [0.15, 0.2) is 43.0 Å². The van der Waals surface area contributed by atoms with Gasteiger partial charge in [-0.1, -0.05) is 0 Å². The molecule has 0 spiro atoms. The second-order valence-corrected chi connectivity index (χ2v) is 4.45. The van der Waals surface area contributed by atoms with Crippen molar-refractivity contribution in [2.24, 2.45) is 0 Å². The van der Waals surface area contributed by atoms with Crippen LogP contribution in [0.2, 0.25) is 0 Å². The molecular weight excluding hydrogens is 280 g/mol. The highest BCUT2D eigenvalue weighted by molar-refractivity contribution is 5.60. The molecule has 0 radical (unpaired) electrons. The second-order valence-electron chi connectivity index (χ2n) is 4.45. The molecule has 3 heterocycles. The topological polar surface area (TPSA) is 94.4 Å². The Morgan fingerprint density at radius 1 is 0.864 bits per heavy atom. The lowest BCUT2D eigenvalue weighted by Gasteiger charge is -2.07. The van der Waals surface area contributed by atoms with Gasteiger partial charge in [0.15, 0.2) is 11.6 Å². The standard InChI is InChI=1S/C15H12N6O/c22-9-1-4-11-10-12(14-16-5-2-6-17-14)20-21-13(11)15-18-7-3-8-19-15/h2-3,5-10H,1,4H2. The summed E-state index contributed by atoms with van der Waals surface area (Å²) in [5.74, 6) is 0.972. The summed E-state index contributed by atoms with van der Waals surface area (Å²) >= 11 is 0. The fourth-order valence-electron chi connectivity index (χ4n) is 1.99. The molecule has 0 fully saturated rings. The normalized spacial score (nSPS) is 10.4. The van der Waals surface area contributed by atoms with Gasteiger partial charge in [0.2, 0.25) is 0 Å². The molecule has 0 aromatic carbocycles. The predicted octanol–water partition coefficient (Wildman–Crippen LogP) is 1.52. The molecule has 3 aromatic rings. The Kier molecular flexibility index (Phi) is 4.15. The van der Waals surface area contributed by atoms with E-state index < -0.39 is 0 Å². The lowest BCUT2D eigenvalue weighted by Crippen LogP contribution is -2.02. The van der Waals surface area contributed by atoms with Gasteiger partial charge in [-0.25, -0.2) is 19.9 Å². The number of aromatic nitrogens is 6. The van der Waals surface area contributed by atoms with Crippen molar-refractivity contribution in [2.75, 3.05) is 0 Å². The van der Waals surface area contributed by atoms with Gasteiger partial charge in [0.25, 0.3) is 0 Å². The third-order valence-corrected chi connectivity index (χ3v) is 2.98. The maximum atomic E-state index is 10.7. The number of hydrogen-bond acceptors (Lipinski definition) is 7. The first kappa shape index (κ1) is 13.9. The van der Waals surface area contributed by atoms with Gasteiger partial charge >= 0.3 is 0 Å². The molecule has 3 aromatic heterocycles. The van der Waals surface area contributed by atoms with Crippen molar-refractivity contribution in [1.82, 2.24) is 30.1 Å². The summed E-state index contributed by atoms with van der Waals surface area (Å²) in [6, 6.07) is 5.29. The van der Waals surface area contributed by atoms with Gasteiger partial charge in [0, 0.05) is 31.2 Å². The zero-order valence-corrected chi connectivity index (χ0v) is 11.6. The Labute approximate surface area is 126 Å². The molecule has 0 aliphatic rings. The number of carbonyl (C=O) groups excluding carboxylic acids is 1. The summed E-state index contributed by atoms with van der Waals surface area (Å²) in [6.07, 6.45) is 8.36. The summed E-state index contributed by atoms with van der Waals surface area (Å²) in [5.41, 5.74) is 1.97. The van der Waals surface area contributed by atoms with Crippen LogP contribution in [0.25, 0.3) is 23.0 Å². The fraction of sp³-hybridized carbons (Fsp3) is 0.133. The summed E-state index contributed by atoms with van der Waals surface area (Å²) in [5, 5.41) is 8.36. The quantitative estimate of drug-likeness (QED) is 0.658. The minimum atomic E-state index is 0.389. The highest BCUT2D eigenvalue weighted by atomic mass is 16.1. The molecule has 0 saturated heterocycles. The predicted molar refractivity (Wildman–Crippen MR) is 78.5 cm³/mol. The van der Waals surface area contributed by atoms with Crippen LogP contribution in [-0.4, -0.2) is 36.4 Å². The molecule has 0 bridgehead atoms. The van der Waals surface area contributed by atoms with E-state index in [0.717, 1.165) is 11.8 Å². The number of rotatable bonds is 5. The molecule has 0 saturated carbocycles. The van der Waals surface area contributed by atoms with Crippen molar-refractivity contribution < 1.29 is 4.79 Å². The molecule has 0 N–H and O–H groups in total. The monoisotopic (exact) mass is 292 g/mol. The average Bonchev–Trinajstić information content (AvgIpc) is 2.61. The van der Waals surface area contributed by atoms with Crippen LogP contribution in [0.4, 0.5) is 0 Å². The minimum Gasteiger partial charge on any atom is -0.303 e. The summed E-state index contributed by atoms with van der Waals surface area (Å²) in [7, 11) is 0. The van der Waals surface area contributed by atoms with Crippen LogP contribution in [-0.2, 0) is 11.2 Å². The molecular formula is C15H12N6O. The van der Waals surface area contributed by atoms with Gasteiger partial charge < -0.3 is 4.79 Å². The van der Waals surface area contributed by atoms with E-state index in [0.29, 0.717) is 35.9 Å². The highest BCUT2D eigenvalue weighted by Gasteiger charge is 2.13. The van der Waals surface area contributed by atoms with Crippen molar-refractivity contribution in [3.63, 3.8) is 0 Å². The van der Waals surface area contributed by atoms with E-state index in [-0.39, 0.29) is 0 Å². The Bertz CT molecular complexity index is 764. The first-order valence-electron chi connectivity index (χ1n) is 6.73. The first-order chi connectivity index (χ1) is 10.9. The lowest BCUT2D eigenvalue weighted by atomic mass is 10.1.